The maximum absolute atomic E-state index is 5.69. The number of nitrogens with zero attached hydrogens (tertiary/aromatic N) is 1. The van der Waals surface area contributed by atoms with Crippen LogP contribution in [0.4, 0.5) is 5.69 Å². The van der Waals surface area contributed by atoms with Crippen molar-refractivity contribution in [2.45, 2.75) is 26.7 Å². The van der Waals surface area contributed by atoms with Crippen molar-refractivity contribution >= 4 is 17.3 Å². The van der Waals surface area contributed by atoms with Gasteiger partial charge in [-0.3, -0.25) is 0 Å². The average Bonchev–Trinajstić information content (AvgIpc) is 2.17. The molecule has 78 valence electrons. The summed E-state index contributed by atoms with van der Waals surface area (Å²) in [5, 5.41) is 3.87. The number of anilines is 1. The molecule has 0 radical (unpaired) electrons. The van der Waals surface area contributed by atoms with Gasteiger partial charge < -0.3 is 5.32 Å². The SMILES string of the molecule is CCC[C@@H](C)CNc1ccc(Cl)nc1. The molecule has 1 aromatic rings. The molecule has 0 aliphatic carbocycles. The lowest BCUT2D eigenvalue weighted by Gasteiger charge is -2.11. The predicted molar refractivity (Wildman–Crippen MR) is 61.8 cm³/mol. The molecule has 0 spiro atoms. The summed E-state index contributed by atoms with van der Waals surface area (Å²) < 4.78 is 0. The summed E-state index contributed by atoms with van der Waals surface area (Å²) in [6.45, 7) is 5.46. The van der Waals surface area contributed by atoms with Gasteiger partial charge in [-0.05, 0) is 24.5 Å². The molecule has 0 saturated heterocycles. The molecule has 3 heteroatoms. The molecule has 2 nitrogen and oxygen atoms in total. The minimum Gasteiger partial charge on any atom is -0.384 e. The third-order valence-corrected chi connectivity index (χ3v) is 2.39. The standard InChI is InChI=1S/C11H17ClN2/c1-3-4-9(2)7-13-10-5-6-11(12)14-8-10/h5-6,8-9,13H,3-4,7H2,1-2H3/t9-/m1/s1. The second-order valence-electron chi connectivity index (χ2n) is 3.64. The van der Waals surface area contributed by atoms with Crippen LogP contribution in [0.3, 0.4) is 0 Å². The third-order valence-electron chi connectivity index (χ3n) is 2.16. The molecule has 0 saturated carbocycles. The Bertz CT molecular complexity index is 258. The molecule has 0 aliphatic rings. The number of hydrogen-bond donors (Lipinski definition) is 1. The van der Waals surface area contributed by atoms with Gasteiger partial charge in [0.25, 0.3) is 0 Å². The number of nitrogens with one attached hydrogen (secondary N) is 1. The van der Waals surface area contributed by atoms with E-state index in [0.29, 0.717) is 11.1 Å². The number of aromatic nitrogens is 1. The maximum Gasteiger partial charge on any atom is 0.129 e. The molecular weight excluding hydrogens is 196 g/mol. The van der Waals surface area contributed by atoms with Crippen molar-refractivity contribution in [1.82, 2.24) is 4.98 Å². The first-order chi connectivity index (χ1) is 6.72. The van der Waals surface area contributed by atoms with Gasteiger partial charge in [-0.2, -0.15) is 0 Å². The number of hydrogen-bond acceptors (Lipinski definition) is 2. The van der Waals surface area contributed by atoms with E-state index in [4.69, 9.17) is 11.6 Å². The molecule has 1 atom stereocenters. The van der Waals surface area contributed by atoms with E-state index in [-0.39, 0.29) is 0 Å². The zero-order valence-corrected chi connectivity index (χ0v) is 9.51. The minimum atomic E-state index is 0.539. The highest BCUT2D eigenvalue weighted by Gasteiger charge is 2.00. The molecule has 1 rings (SSSR count). The lowest BCUT2D eigenvalue weighted by Crippen LogP contribution is -2.10. The van der Waals surface area contributed by atoms with Crippen LogP contribution in [-0.4, -0.2) is 11.5 Å². The van der Waals surface area contributed by atoms with E-state index in [1.165, 1.54) is 12.8 Å². The summed E-state index contributed by atoms with van der Waals surface area (Å²) in [5.41, 5.74) is 1.04. The Labute approximate surface area is 90.7 Å². The van der Waals surface area contributed by atoms with Gasteiger partial charge in [0.05, 0.1) is 11.9 Å². The van der Waals surface area contributed by atoms with Crippen molar-refractivity contribution in [1.29, 1.82) is 0 Å². The van der Waals surface area contributed by atoms with Crippen LogP contribution in [0.1, 0.15) is 26.7 Å². The monoisotopic (exact) mass is 212 g/mol. The predicted octanol–water partition coefficient (Wildman–Crippen LogP) is 3.58. The molecule has 0 unspecified atom stereocenters. The topological polar surface area (TPSA) is 24.9 Å². The van der Waals surface area contributed by atoms with Crippen LogP contribution in [0.2, 0.25) is 5.15 Å². The van der Waals surface area contributed by atoms with Gasteiger partial charge in [-0.25, -0.2) is 4.98 Å². The molecule has 0 aliphatic heterocycles. The highest BCUT2D eigenvalue weighted by atomic mass is 35.5. The van der Waals surface area contributed by atoms with E-state index < -0.39 is 0 Å². The van der Waals surface area contributed by atoms with Crippen molar-refractivity contribution < 1.29 is 0 Å². The first-order valence-corrected chi connectivity index (χ1v) is 5.45. The van der Waals surface area contributed by atoms with Crippen LogP contribution >= 0.6 is 11.6 Å². The second kappa shape index (κ2) is 5.86. The number of pyridine rings is 1. The Hall–Kier alpha value is -0.760. The van der Waals surface area contributed by atoms with Gasteiger partial charge in [0.2, 0.25) is 0 Å². The zero-order chi connectivity index (χ0) is 10.4. The van der Waals surface area contributed by atoms with Crippen molar-refractivity contribution in [3.63, 3.8) is 0 Å². The maximum atomic E-state index is 5.69. The van der Waals surface area contributed by atoms with Gasteiger partial charge in [0.1, 0.15) is 5.15 Å². The van der Waals surface area contributed by atoms with E-state index in [0.717, 1.165) is 12.2 Å². The molecular formula is C11H17ClN2. The van der Waals surface area contributed by atoms with Crippen molar-refractivity contribution in [2.24, 2.45) is 5.92 Å². The fraction of sp³-hybridized carbons (Fsp3) is 0.545. The second-order valence-corrected chi connectivity index (χ2v) is 4.03. The summed E-state index contributed by atoms with van der Waals surface area (Å²) in [6, 6.07) is 3.75. The van der Waals surface area contributed by atoms with Crippen LogP contribution in [0.5, 0.6) is 0 Å². The number of rotatable bonds is 5. The van der Waals surface area contributed by atoms with Crippen LogP contribution < -0.4 is 5.32 Å². The fourth-order valence-corrected chi connectivity index (χ4v) is 1.48. The molecule has 1 aromatic heterocycles. The Balaban J connectivity index is 2.34. The lowest BCUT2D eigenvalue weighted by molar-refractivity contribution is 0.550. The molecule has 1 heterocycles. The summed E-state index contributed by atoms with van der Waals surface area (Å²) in [5.74, 6) is 0.704. The smallest absolute Gasteiger partial charge is 0.129 e. The zero-order valence-electron chi connectivity index (χ0n) is 8.76. The number of halogens is 1. The summed E-state index contributed by atoms with van der Waals surface area (Å²) in [4.78, 5) is 4.01. The third kappa shape index (κ3) is 3.97. The highest BCUT2D eigenvalue weighted by molar-refractivity contribution is 6.29. The summed E-state index contributed by atoms with van der Waals surface area (Å²) >= 11 is 5.69. The van der Waals surface area contributed by atoms with E-state index in [1.807, 2.05) is 6.07 Å². The van der Waals surface area contributed by atoms with Crippen LogP contribution in [-0.2, 0) is 0 Å². The summed E-state index contributed by atoms with van der Waals surface area (Å²) in [7, 11) is 0. The Morgan fingerprint density at radius 2 is 2.29 bits per heavy atom. The van der Waals surface area contributed by atoms with Gasteiger partial charge >= 0.3 is 0 Å². The van der Waals surface area contributed by atoms with Crippen LogP contribution in [0.15, 0.2) is 18.3 Å². The largest absolute Gasteiger partial charge is 0.384 e. The molecule has 0 fully saturated rings. The molecule has 14 heavy (non-hydrogen) atoms. The van der Waals surface area contributed by atoms with Crippen molar-refractivity contribution in [3.8, 4) is 0 Å². The van der Waals surface area contributed by atoms with Crippen LogP contribution in [0, 0.1) is 5.92 Å². The Kier molecular flexibility index (Phi) is 4.74. The van der Waals surface area contributed by atoms with E-state index in [2.05, 4.69) is 24.1 Å². The van der Waals surface area contributed by atoms with E-state index in [1.54, 1.807) is 12.3 Å². The molecule has 0 bridgehead atoms. The first-order valence-electron chi connectivity index (χ1n) is 5.07. The fourth-order valence-electron chi connectivity index (χ4n) is 1.37. The average molecular weight is 213 g/mol. The molecule has 1 N–H and O–H groups in total. The van der Waals surface area contributed by atoms with Gasteiger partial charge in [0, 0.05) is 6.54 Å². The molecule has 0 aromatic carbocycles. The Morgan fingerprint density at radius 3 is 2.86 bits per heavy atom. The Morgan fingerprint density at radius 1 is 1.50 bits per heavy atom. The van der Waals surface area contributed by atoms with Crippen LogP contribution in [0.25, 0.3) is 0 Å². The van der Waals surface area contributed by atoms with Gasteiger partial charge in [-0.15, -0.1) is 0 Å². The first kappa shape index (κ1) is 11.3. The summed E-state index contributed by atoms with van der Waals surface area (Å²) in [6.07, 6.45) is 4.26. The lowest BCUT2D eigenvalue weighted by atomic mass is 10.1. The van der Waals surface area contributed by atoms with E-state index in [9.17, 15) is 0 Å². The van der Waals surface area contributed by atoms with Gasteiger partial charge in [-0.1, -0.05) is 31.9 Å². The van der Waals surface area contributed by atoms with Crippen molar-refractivity contribution in [3.05, 3.63) is 23.5 Å². The highest BCUT2D eigenvalue weighted by Crippen LogP contribution is 2.11. The molecule has 0 amide bonds. The quantitative estimate of drug-likeness (QED) is 0.755. The van der Waals surface area contributed by atoms with Gasteiger partial charge in [0.15, 0.2) is 0 Å². The minimum absolute atomic E-state index is 0.539. The van der Waals surface area contributed by atoms with Crippen molar-refractivity contribution in [2.75, 3.05) is 11.9 Å². The van der Waals surface area contributed by atoms with E-state index >= 15 is 0 Å². The normalized spacial score (nSPS) is 12.5.